The van der Waals surface area contributed by atoms with Gasteiger partial charge in [-0.15, -0.1) is 11.3 Å². The van der Waals surface area contributed by atoms with E-state index in [1.54, 1.807) is 18.2 Å². The Morgan fingerprint density at radius 3 is 2.82 bits per heavy atom. The van der Waals surface area contributed by atoms with Gasteiger partial charge in [-0.25, -0.2) is 4.98 Å². The lowest BCUT2D eigenvalue weighted by molar-refractivity contribution is 0.311. The van der Waals surface area contributed by atoms with E-state index in [0.29, 0.717) is 33.7 Å². The van der Waals surface area contributed by atoms with Gasteiger partial charge < -0.3 is 9.47 Å². The minimum absolute atomic E-state index is 0.437. The van der Waals surface area contributed by atoms with E-state index >= 15 is 0 Å². The molecule has 1 heterocycles. The molecule has 0 unspecified atom stereocenters. The van der Waals surface area contributed by atoms with Crippen molar-refractivity contribution in [2.45, 2.75) is 13.8 Å². The molecule has 4 nitrogen and oxygen atoms in total. The number of halogens is 1. The quantitative estimate of drug-likeness (QED) is 0.751. The van der Waals surface area contributed by atoms with Crippen molar-refractivity contribution in [3.8, 4) is 17.6 Å². The van der Waals surface area contributed by atoms with Crippen LogP contribution in [0.4, 0.5) is 0 Å². The number of thiazole rings is 1. The average molecular weight is 335 g/mol. The molecule has 0 aliphatic carbocycles. The van der Waals surface area contributed by atoms with E-state index in [1.807, 2.05) is 19.2 Å². The van der Waals surface area contributed by atoms with Crippen molar-refractivity contribution >= 4 is 34.6 Å². The summed E-state index contributed by atoms with van der Waals surface area (Å²) in [4.78, 5) is 4.33. The number of nitriles is 1. The van der Waals surface area contributed by atoms with Crippen LogP contribution < -0.4 is 9.47 Å². The van der Waals surface area contributed by atoms with E-state index in [-0.39, 0.29) is 0 Å². The maximum atomic E-state index is 9.35. The van der Waals surface area contributed by atoms with Gasteiger partial charge in [0.15, 0.2) is 11.5 Å². The van der Waals surface area contributed by atoms with E-state index in [4.69, 9.17) is 21.1 Å². The van der Waals surface area contributed by atoms with Crippen LogP contribution in [0.5, 0.6) is 11.5 Å². The molecule has 0 spiro atoms. The molecule has 0 amide bonds. The van der Waals surface area contributed by atoms with Gasteiger partial charge in [0.25, 0.3) is 0 Å². The van der Waals surface area contributed by atoms with Crippen LogP contribution in [0.3, 0.4) is 0 Å². The standard InChI is InChI=1S/C16H15ClN2O2S/c1-4-21-14-7-11(6-13(17)15(14)20-3)5-12(8-18)16-19-10(2)9-22-16/h5-7,9H,4H2,1-3H3/b12-5+. The Labute approximate surface area is 138 Å². The summed E-state index contributed by atoms with van der Waals surface area (Å²) in [6, 6.07) is 5.71. The third-order valence-corrected chi connectivity index (χ3v) is 4.09. The molecule has 0 saturated heterocycles. The lowest BCUT2D eigenvalue weighted by Gasteiger charge is -2.11. The number of benzene rings is 1. The number of allylic oxidation sites excluding steroid dienone is 1. The minimum atomic E-state index is 0.437. The van der Waals surface area contributed by atoms with Crippen LogP contribution in [0.15, 0.2) is 17.5 Å². The summed E-state index contributed by atoms with van der Waals surface area (Å²) in [6.45, 7) is 4.28. The summed E-state index contributed by atoms with van der Waals surface area (Å²) < 4.78 is 10.8. The van der Waals surface area contributed by atoms with Crippen LogP contribution in [0.25, 0.3) is 11.6 Å². The fourth-order valence-electron chi connectivity index (χ4n) is 1.92. The number of methoxy groups -OCH3 is 1. The van der Waals surface area contributed by atoms with Gasteiger partial charge in [-0.3, -0.25) is 0 Å². The Morgan fingerprint density at radius 2 is 2.27 bits per heavy atom. The number of nitrogens with zero attached hydrogens (tertiary/aromatic N) is 2. The Bertz CT molecular complexity index is 747. The summed E-state index contributed by atoms with van der Waals surface area (Å²) in [5, 5.41) is 12.4. The highest BCUT2D eigenvalue weighted by molar-refractivity contribution is 7.11. The molecule has 0 radical (unpaired) electrons. The molecular weight excluding hydrogens is 320 g/mol. The number of hydrogen-bond donors (Lipinski definition) is 0. The second kappa shape index (κ2) is 7.30. The normalized spacial score (nSPS) is 11.1. The molecule has 0 saturated carbocycles. The highest BCUT2D eigenvalue weighted by Gasteiger charge is 2.12. The topological polar surface area (TPSA) is 55.1 Å². The summed E-state index contributed by atoms with van der Waals surface area (Å²) in [5.41, 5.74) is 2.14. The smallest absolute Gasteiger partial charge is 0.179 e. The molecule has 2 rings (SSSR count). The fourth-order valence-corrected chi connectivity index (χ4v) is 2.98. The molecule has 1 aromatic heterocycles. The zero-order valence-electron chi connectivity index (χ0n) is 12.5. The molecule has 114 valence electrons. The van der Waals surface area contributed by atoms with Gasteiger partial charge >= 0.3 is 0 Å². The van der Waals surface area contributed by atoms with Crippen LogP contribution in [0, 0.1) is 18.3 Å². The average Bonchev–Trinajstić information content (AvgIpc) is 2.91. The van der Waals surface area contributed by atoms with Gasteiger partial charge in [-0.2, -0.15) is 5.26 Å². The third kappa shape index (κ3) is 3.59. The minimum Gasteiger partial charge on any atom is -0.491 e. The van der Waals surface area contributed by atoms with Gasteiger partial charge in [0.2, 0.25) is 0 Å². The van der Waals surface area contributed by atoms with E-state index in [2.05, 4.69) is 11.1 Å². The zero-order valence-corrected chi connectivity index (χ0v) is 14.1. The molecule has 0 aliphatic rings. The van der Waals surface area contributed by atoms with Crippen molar-refractivity contribution in [3.63, 3.8) is 0 Å². The zero-order chi connectivity index (χ0) is 16.1. The van der Waals surface area contributed by atoms with Gasteiger partial charge in [-0.1, -0.05) is 11.6 Å². The summed E-state index contributed by atoms with van der Waals surface area (Å²) in [5.74, 6) is 1.04. The van der Waals surface area contributed by atoms with Crippen LogP contribution in [0.1, 0.15) is 23.2 Å². The fraction of sp³-hybridized carbons (Fsp3) is 0.250. The van der Waals surface area contributed by atoms with E-state index in [0.717, 1.165) is 11.3 Å². The number of hydrogen-bond acceptors (Lipinski definition) is 5. The Balaban J connectivity index is 2.47. The molecule has 22 heavy (non-hydrogen) atoms. The first kappa shape index (κ1) is 16.3. The van der Waals surface area contributed by atoms with Crippen molar-refractivity contribution in [2.75, 3.05) is 13.7 Å². The molecule has 0 N–H and O–H groups in total. The number of ether oxygens (including phenoxy) is 2. The SMILES string of the molecule is CCOc1cc(/C=C(\C#N)c2nc(C)cs2)cc(Cl)c1OC. The monoisotopic (exact) mass is 334 g/mol. The third-order valence-electron chi connectivity index (χ3n) is 2.82. The van der Waals surface area contributed by atoms with E-state index in [1.165, 1.54) is 18.4 Å². The van der Waals surface area contributed by atoms with Crippen LogP contribution in [-0.2, 0) is 0 Å². The lowest BCUT2D eigenvalue weighted by Crippen LogP contribution is -1.96. The van der Waals surface area contributed by atoms with Crippen molar-refractivity contribution < 1.29 is 9.47 Å². The van der Waals surface area contributed by atoms with E-state index in [9.17, 15) is 5.26 Å². The maximum absolute atomic E-state index is 9.35. The molecular formula is C16H15ClN2O2S. The lowest BCUT2D eigenvalue weighted by atomic mass is 10.1. The second-order valence-corrected chi connectivity index (χ2v) is 5.70. The van der Waals surface area contributed by atoms with Gasteiger partial charge in [-0.05, 0) is 37.6 Å². The Morgan fingerprint density at radius 1 is 1.50 bits per heavy atom. The van der Waals surface area contributed by atoms with Gasteiger partial charge in [0.05, 0.1) is 24.3 Å². The molecule has 6 heteroatoms. The van der Waals surface area contributed by atoms with Crippen molar-refractivity contribution in [2.24, 2.45) is 0 Å². The highest BCUT2D eigenvalue weighted by Crippen LogP contribution is 2.37. The van der Waals surface area contributed by atoms with Crippen LogP contribution >= 0.6 is 22.9 Å². The first-order chi connectivity index (χ1) is 10.6. The van der Waals surface area contributed by atoms with Gasteiger partial charge in [0.1, 0.15) is 11.1 Å². The van der Waals surface area contributed by atoms with Crippen molar-refractivity contribution in [1.29, 1.82) is 5.26 Å². The maximum Gasteiger partial charge on any atom is 0.179 e. The molecule has 0 aliphatic heterocycles. The first-order valence-corrected chi connectivity index (χ1v) is 7.89. The van der Waals surface area contributed by atoms with Crippen LogP contribution in [0.2, 0.25) is 5.02 Å². The molecule has 0 atom stereocenters. The second-order valence-electron chi connectivity index (χ2n) is 4.43. The number of aromatic nitrogens is 1. The molecule has 1 aromatic carbocycles. The predicted octanol–water partition coefficient (Wildman–Crippen LogP) is 4.58. The molecule has 0 bridgehead atoms. The summed E-state index contributed by atoms with van der Waals surface area (Å²) in [7, 11) is 1.54. The highest BCUT2D eigenvalue weighted by atomic mass is 35.5. The molecule has 2 aromatic rings. The Kier molecular flexibility index (Phi) is 5.42. The predicted molar refractivity (Wildman–Crippen MR) is 89.5 cm³/mol. The first-order valence-electron chi connectivity index (χ1n) is 6.63. The van der Waals surface area contributed by atoms with E-state index < -0.39 is 0 Å². The number of rotatable bonds is 5. The van der Waals surface area contributed by atoms with Crippen molar-refractivity contribution in [1.82, 2.24) is 4.98 Å². The summed E-state index contributed by atoms with van der Waals surface area (Å²) >= 11 is 7.65. The molecule has 0 fully saturated rings. The van der Waals surface area contributed by atoms with Crippen molar-refractivity contribution in [3.05, 3.63) is 38.8 Å². The van der Waals surface area contributed by atoms with Crippen LogP contribution in [-0.4, -0.2) is 18.7 Å². The number of aryl methyl sites for hydroxylation is 1. The Hall–Kier alpha value is -2.03. The largest absolute Gasteiger partial charge is 0.491 e. The van der Waals surface area contributed by atoms with Gasteiger partial charge in [0, 0.05) is 11.1 Å². The summed E-state index contributed by atoms with van der Waals surface area (Å²) in [6.07, 6.45) is 1.74.